The van der Waals surface area contributed by atoms with Gasteiger partial charge in [0.1, 0.15) is 5.04 Å². The molecular formula is C13H25N3O4S2. The van der Waals surface area contributed by atoms with Crippen molar-refractivity contribution < 1.29 is 19.2 Å². The molecule has 0 aromatic rings. The molecule has 9 heteroatoms. The molecule has 0 spiro atoms. The van der Waals surface area contributed by atoms with Gasteiger partial charge in [0.15, 0.2) is 0 Å². The molecule has 0 atom stereocenters. The first-order valence-electron chi connectivity index (χ1n) is 7.04. The quantitative estimate of drug-likeness (QED) is 0.165. The molecule has 0 aromatic carbocycles. The third-order valence-electron chi connectivity index (χ3n) is 2.53. The molecule has 0 bridgehead atoms. The van der Waals surface area contributed by atoms with Crippen LogP contribution in [0.15, 0.2) is 5.16 Å². The van der Waals surface area contributed by atoms with E-state index in [1.54, 1.807) is 6.92 Å². The first-order chi connectivity index (χ1) is 10.4. The van der Waals surface area contributed by atoms with Crippen molar-refractivity contribution >= 4 is 41.1 Å². The molecule has 0 heterocycles. The van der Waals surface area contributed by atoms with Crippen molar-refractivity contribution in [2.75, 3.05) is 27.0 Å². The van der Waals surface area contributed by atoms with Crippen LogP contribution in [0.5, 0.6) is 0 Å². The zero-order valence-electron chi connectivity index (χ0n) is 13.8. The van der Waals surface area contributed by atoms with E-state index in [4.69, 9.17) is 9.57 Å². The van der Waals surface area contributed by atoms with Crippen molar-refractivity contribution in [3.63, 3.8) is 0 Å². The average Bonchev–Trinajstić information content (AvgIpc) is 2.51. The first-order valence-corrected chi connectivity index (χ1v) is 8.99. The van der Waals surface area contributed by atoms with E-state index in [-0.39, 0.29) is 0 Å². The van der Waals surface area contributed by atoms with Gasteiger partial charge in [0.2, 0.25) is 0 Å². The Hall–Kier alpha value is -1.09. The third kappa shape index (κ3) is 9.78. The summed E-state index contributed by atoms with van der Waals surface area (Å²) in [6.07, 6.45) is 4.82. The number of oxime groups is 1. The Bertz CT molecular complexity index is 380. The van der Waals surface area contributed by atoms with Crippen molar-refractivity contribution in [3.8, 4) is 0 Å². The molecule has 0 saturated heterocycles. The molecule has 2 amide bonds. The summed E-state index contributed by atoms with van der Waals surface area (Å²) in [4.78, 5) is 28.1. The maximum atomic E-state index is 11.7. The number of hydrogen-bond acceptors (Lipinski definition) is 7. The lowest BCUT2D eigenvalue weighted by Crippen LogP contribution is -2.29. The molecule has 0 aliphatic heterocycles. The predicted octanol–water partition coefficient (Wildman–Crippen LogP) is 3.96. The highest BCUT2D eigenvalue weighted by Crippen LogP contribution is 2.15. The van der Waals surface area contributed by atoms with Crippen LogP contribution in [0.25, 0.3) is 0 Å². The van der Waals surface area contributed by atoms with Gasteiger partial charge < -0.3 is 4.74 Å². The van der Waals surface area contributed by atoms with Gasteiger partial charge in [-0.3, -0.25) is 4.84 Å². The van der Waals surface area contributed by atoms with Crippen LogP contribution < -0.4 is 0 Å². The summed E-state index contributed by atoms with van der Waals surface area (Å²) in [5, 5.41) is 4.27. The van der Waals surface area contributed by atoms with E-state index in [2.05, 4.69) is 12.1 Å². The topological polar surface area (TPSA) is 71.4 Å². The maximum absolute atomic E-state index is 11.7. The molecule has 0 aliphatic carbocycles. The van der Waals surface area contributed by atoms with Gasteiger partial charge in [-0.1, -0.05) is 31.3 Å². The van der Waals surface area contributed by atoms with Crippen LogP contribution in [0.4, 0.5) is 9.59 Å². The number of amides is 2. The Morgan fingerprint density at radius 3 is 2.32 bits per heavy atom. The number of unbranched alkanes of at least 4 members (excludes halogenated alkanes) is 3. The number of nitrogens with zero attached hydrogens (tertiary/aromatic N) is 3. The summed E-state index contributed by atoms with van der Waals surface area (Å²) in [6.45, 7) is 4.23. The van der Waals surface area contributed by atoms with Crippen LogP contribution in [0.3, 0.4) is 0 Å². The van der Waals surface area contributed by atoms with Gasteiger partial charge in [-0.05, 0) is 19.6 Å². The van der Waals surface area contributed by atoms with Gasteiger partial charge in [0, 0.05) is 14.1 Å². The van der Waals surface area contributed by atoms with Crippen molar-refractivity contribution in [2.24, 2.45) is 5.16 Å². The summed E-state index contributed by atoms with van der Waals surface area (Å²) < 4.78 is 7.49. The van der Waals surface area contributed by atoms with E-state index in [0.29, 0.717) is 11.7 Å². The van der Waals surface area contributed by atoms with Crippen LogP contribution in [-0.2, 0) is 9.57 Å². The van der Waals surface area contributed by atoms with E-state index >= 15 is 0 Å². The van der Waals surface area contributed by atoms with E-state index in [0.717, 1.165) is 42.1 Å². The van der Waals surface area contributed by atoms with Crippen LogP contribution in [0, 0.1) is 0 Å². The molecule has 0 unspecified atom stereocenters. The third-order valence-corrected chi connectivity index (χ3v) is 3.98. The van der Waals surface area contributed by atoms with E-state index in [1.165, 1.54) is 30.2 Å². The lowest BCUT2D eigenvalue weighted by molar-refractivity contribution is 0.127. The van der Waals surface area contributed by atoms with Crippen LogP contribution in [0.2, 0.25) is 0 Å². The summed E-state index contributed by atoms with van der Waals surface area (Å²) in [7, 11) is 3.02. The molecule has 0 aromatic heterocycles. The second-order valence-corrected chi connectivity index (χ2v) is 6.68. The maximum Gasteiger partial charge on any atom is 0.447 e. The smallest absolute Gasteiger partial charge is 0.447 e. The number of ether oxygens (including phenoxy) is 1. The van der Waals surface area contributed by atoms with Crippen LogP contribution >= 0.6 is 23.9 Å². The standard InChI is InChI=1S/C13H25N3O4S2/c1-6-7-8-9-10-19-12(17)15(3)22-16(4)13(18)20-14-11(2)21-5/h6-10H2,1-5H3/b14-11-. The van der Waals surface area contributed by atoms with Gasteiger partial charge in [-0.15, -0.1) is 11.8 Å². The van der Waals surface area contributed by atoms with Gasteiger partial charge in [0.25, 0.3) is 0 Å². The largest absolute Gasteiger partial charge is 0.449 e. The van der Waals surface area contributed by atoms with Gasteiger partial charge in [-0.2, -0.15) is 0 Å². The fraction of sp³-hybridized carbons (Fsp3) is 0.769. The molecule has 0 radical (unpaired) electrons. The molecule has 0 aliphatic rings. The van der Waals surface area contributed by atoms with Gasteiger partial charge >= 0.3 is 12.2 Å². The van der Waals surface area contributed by atoms with Crippen LogP contribution in [0.1, 0.15) is 39.5 Å². The van der Waals surface area contributed by atoms with Crippen molar-refractivity contribution in [3.05, 3.63) is 0 Å². The number of hydrogen-bond donors (Lipinski definition) is 0. The SMILES string of the molecule is CCCCCCOC(=O)N(C)SN(C)C(=O)O/N=C(/C)SC. The van der Waals surface area contributed by atoms with E-state index in [1.807, 2.05) is 6.26 Å². The van der Waals surface area contributed by atoms with E-state index in [9.17, 15) is 9.59 Å². The second kappa shape index (κ2) is 12.5. The number of carbonyl (C=O) groups excluding carboxylic acids is 2. The minimum atomic E-state index is -0.666. The monoisotopic (exact) mass is 351 g/mol. The summed E-state index contributed by atoms with van der Waals surface area (Å²) in [5.41, 5.74) is 0. The summed E-state index contributed by atoms with van der Waals surface area (Å²) in [5.74, 6) is 0. The molecule has 128 valence electrons. The van der Waals surface area contributed by atoms with Gasteiger partial charge in [0.05, 0.1) is 18.7 Å². The first kappa shape index (κ1) is 20.9. The molecule has 7 nitrogen and oxygen atoms in total. The number of thioether (sulfide) groups is 1. The number of carbonyl (C=O) groups is 2. The highest BCUT2D eigenvalue weighted by molar-refractivity contribution is 8.13. The minimum absolute atomic E-state index is 0.384. The normalized spacial score (nSPS) is 11.0. The predicted molar refractivity (Wildman–Crippen MR) is 91.7 cm³/mol. The number of rotatable bonds is 8. The molecule has 0 fully saturated rings. The summed E-state index contributed by atoms with van der Waals surface area (Å²) >= 11 is 2.26. The van der Waals surface area contributed by atoms with Gasteiger partial charge in [-0.25, -0.2) is 18.2 Å². The minimum Gasteiger partial charge on any atom is -0.449 e. The second-order valence-electron chi connectivity index (χ2n) is 4.42. The lowest BCUT2D eigenvalue weighted by Gasteiger charge is -2.20. The highest BCUT2D eigenvalue weighted by Gasteiger charge is 2.18. The molecule has 0 rings (SSSR count). The van der Waals surface area contributed by atoms with Crippen molar-refractivity contribution in [1.82, 2.24) is 8.61 Å². The molecule has 0 N–H and O–H groups in total. The fourth-order valence-electron chi connectivity index (χ4n) is 1.23. The Morgan fingerprint density at radius 1 is 1.09 bits per heavy atom. The Kier molecular flexibility index (Phi) is 11.8. The Balaban J connectivity index is 4.04. The van der Waals surface area contributed by atoms with Crippen molar-refractivity contribution in [1.29, 1.82) is 0 Å². The lowest BCUT2D eigenvalue weighted by atomic mass is 10.2. The zero-order valence-corrected chi connectivity index (χ0v) is 15.5. The molecule has 22 heavy (non-hydrogen) atoms. The average molecular weight is 351 g/mol. The van der Waals surface area contributed by atoms with E-state index < -0.39 is 12.2 Å². The molecular weight excluding hydrogens is 326 g/mol. The Morgan fingerprint density at radius 2 is 1.73 bits per heavy atom. The van der Waals surface area contributed by atoms with Crippen molar-refractivity contribution in [2.45, 2.75) is 39.5 Å². The zero-order chi connectivity index (χ0) is 17.0. The fourth-order valence-corrected chi connectivity index (χ4v) is 1.93. The molecule has 0 saturated carbocycles. The van der Waals surface area contributed by atoms with Crippen LogP contribution in [-0.4, -0.2) is 52.8 Å². The Labute approximate surface area is 141 Å². The summed E-state index contributed by atoms with van der Waals surface area (Å²) in [6, 6.07) is 0. The highest BCUT2D eigenvalue weighted by atomic mass is 32.2.